The molecule has 0 aromatic carbocycles. The zero-order valence-electron chi connectivity index (χ0n) is 9.45. The van der Waals surface area contributed by atoms with E-state index in [0.717, 1.165) is 30.6 Å². The molecular formula is C12H23NO. The van der Waals surface area contributed by atoms with Crippen LogP contribution in [0.5, 0.6) is 0 Å². The van der Waals surface area contributed by atoms with Crippen LogP contribution in [0, 0.1) is 17.8 Å². The van der Waals surface area contributed by atoms with Gasteiger partial charge in [-0.3, -0.25) is 0 Å². The van der Waals surface area contributed by atoms with E-state index >= 15 is 0 Å². The molecule has 0 aromatic heterocycles. The number of aliphatic hydroxyl groups excluding tert-OH is 1. The van der Waals surface area contributed by atoms with Gasteiger partial charge in [-0.1, -0.05) is 13.8 Å². The molecular weight excluding hydrogens is 174 g/mol. The van der Waals surface area contributed by atoms with E-state index in [9.17, 15) is 5.11 Å². The van der Waals surface area contributed by atoms with Crippen molar-refractivity contribution in [2.75, 3.05) is 19.6 Å². The average Bonchev–Trinajstić information content (AvgIpc) is 2.42. The predicted octanol–water partition coefficient (Wildman–Crippen LogP) is 1.74. The lowest BCUT2D eigenvalue weighted by molar-refractivity contribution is 0.0517. The van der Waals surface area contributed by atoms with E-state index in [2.05, 4.69) is 18.7 Å². The molecule has 2 heteroatoms. The van der Waals surface area contributed by atoms with Crippen LogP contribution in [0.3, 0.4) is 0 Å². The fourth-order valence-corrected chi connectivity index (χ4v) is 2.76. The molecule has 1 saturated heterocycles. The number of aliphatic hydroxyl groups is 1. The highest BCUT2D eigenvalue weighted by Crippen LogP contribution is 2.30. The highest BCUT2D eigenvalue weighted by Gasteiger charge is 2.32. The van der Waals surface area contributed by atoms with Crippen LogP contribution in [0.2, 0.25) is 0 Å². The van der Waals surface area contributed by atoms with Gasteiger partial charge in [-0.15, -0.1) is 0 Å². The van der Waals surface area contributed by atoms with Crippen LogP contribution < -0.4 is 0 Å². The Balaban J connectivity index is 1.64. The Morgan fingerprint density at radius 1 is 1.29 bits per heavy atom. The first kappa shape index (κ1) is 10.4. The molecule has 0 amide bonds. The van der Waals surface area contributed by atoms with E-state index in [1.807, 2.05) is 0 Å². The Morgan fingerprint density at radius 3 is 2.50 bits per heavy atom. The molecule has 0 radical (unpaired) electrons. The topological polar surface area (TPSA) is 23.5 Å². The van der Waals surface area contributed by atoms with Crippen molar-refractivity contribution in [1.82, 2.24) is 4.90 Å². The molecule has 0 spiro atoms. The predicted molar refractivity (Wildman–Crippen MR) is 58.1 cm³/mol. The summed E-state index contributed by atoms with van der Waals surface area (Å²) in [4.78, 5) is 2.56. The second-order valence-electron chi connectivity index (χ2n) is 5.56. The van der Waals surface area contributed by atoms with Gasteiger partial charge in [-0.25, -0.2) is 0 Å². The van der Waals surface area contributed by atoms with Crippen molar-refractivity contribution >= 4 is 0 Å². The Kier molecular flexibility index (Phi) is 3.13. The molecule has 0 bridgehead atoms. The molecule has 2 unspecified atom stereocenters. The molecule has 2 nitrogen and oxygen atoms in total. The van der Waals surface area contributed by atoms with Gasteiger partial charge < -0.3 is 10.0 Å². The Morgan fingerprint density at radius 2 is 2.00 bits per heavy atom. The summed E-state index contributed by atoms with van der Waals surface area (Å²) < 4.78 is 0. The number of hydrogen-bond donors (Lipinski definition) is 1. The SMILES string of the molecule is CC(C)C1CN(CC2CCC(O)C2)C1. The second kappa shape index (κ2) is 4.19. The minimum atomic E-state index is 0.00201. The third kappa shape index (κ3) is 2.29. The van der Waals surface area contributed by atoms with Crippen molar-refractivity contribution in [2.24, 2.45) is 17.8 Å². The summed E-state index contributed by atoms with van der Waals surface area (Å²) in [6.45, 7) is 8.47. The summed E-state index contributed by atoms with van der Waals surface area (Å²) in [6, 6.07) is 0. The fraction of sp³-hybridized carbons (Fsp3) is 1.00. The lowest BCUT2D eigenvalue weighted by atomic mass is 9.87. The largest absolute Gasteiger partial charge is 0.393 e. The number of rotatable bonds is 3. The van der Waals surface area contributed by atoms with Gasteiger partial charge in [0.2, 0.25) is 0 Å². The van der Waals surface area contributed by atoms with Gasteiger partial charge in [0.05, 0.1) is 6.10 Å². The lowest BCUT2D eigenvalue weighted by Crippen LogP contribution is -2.50. The molecule has 1 heterocycles. The van der Waals surface area contributed by atoms with Gasteiger partial charge in [0.25, 0.3) is 0 Å². The van der Waals surface area contributed by atoms with Crippen molar-refractivity contribution in [3.05, 3.63) is 0 Å². The van der Waals surface area contributed by atoms with Crippen molar-refractivity contribution in [3.8, 4) is 0 Å². The maximum Gasteiger partial charge on any atom is 0.0543 e. The molecule has 2 atom stereocenters. The van der Waals surface area contributed by atoms with Crippen LogP contribution >= 0.6 is 0 Å². The van der Waals surface area contributed by atoms with Crippen LogP contribution in [0.25, 0.3) is 0 Å². The molecule has 0 aromatic rings. The molecule has 2 rings (SSSR count). The summed E-state index contributed by atoms with van der Waals surface area (Å²) in [5, 5.41) is 9.42. The van der Waals surface area contributed by atoms with Crippen LogP contribution in [-0.2, 0) is 0 Å². The number of nitrogens with zero attached hydrogens (tertiary/aromatic N) is 1. The van der Waals surface area contributed by atoms with Gasteiger partial charge in [0.1, 0.15) is 0 Å². The maximum absolute atomic E-state index is 9.42. The standard InChI is InChI=1S/C12H23NO/c1-9(2)11-7-13(8-11)6-10-3-4-12(14)5-10/h9-12,14H,3-8H2,1-2H3. The van der Waals surface area contributed by atoms with E-state index in [1.165, 1.54) is 26.1 Å². The summed E-state index contributed by atoms with van der Waals surface area (Å²) in [5.74, 6) is 2.56. The summed E-state index contributed by atoms with van der Waals surface area (Å²) in [5.41, 5.74) is 0. The average molecular weight is 197 g/mol. The van der Waals surface area contributed by atoms with Crippen LogP contribution in [0.4, 0.5) is 0 Å². The normalized spacial score (nSPS) is 35.1. The molecule has 1 aliphatic carbocycles. The monoisotopic (exact) mass is 197 g/mol. The molecule has 1 N–H and O–H groups in total. The Bertz CT molecular complexity index is 187. The smallest absolute Gasteiger partial charge is 0.0543 e. The van der Waals surface area contributed by atoms with Crippen LogP contribution in [0.15, 0.2) is 0 Å². The quantitative estimate of drug-likeness (QED) is 0.745. The van der Waals surface area contributed by atoms with Gasteiger partial charge in [0, 0.05) is 19.6 Å². The zero-order chi connectivity index (χ0) is 10.1. The summed E-state index contributed by atoms with van der Waals surface area (Å²) >= 11 is 0. The van der Waals surface area contributed by atoms with Gasteiger partial charge in [-0.2, -0.15) is 0 Å². The van der Waals surface area contributed by atoms with Gasteiger partial charge in [-0.05, 0) is 37.0 Å². The van der Waals surface area contributed by atoms with Crippen LogP contribution in [0.1, 0.15) is 33.1 Å². The van der Waals surface area contributed by atoms with E-state index in [4.69, 9.17) is 0 Å². The Hall–Kier alpha value is -0.0800. The number of likely N-dealkylation sites (tertiary alicyclic amines) is 1. The second-order valence-corrected chi connectivity index (χ2v) is 5.56. The highest BCUT2D eigenvalue weighted by molar-refractivity contribution is 4.85. The van der Waals surface area contributed by atoms with Crippen molar-refractivity contribution < 1.29 is 5.11 Å². The van der Waals surface area contributed by atoms with E-state index in [1.54, 1.807) is 0 Å². The minimum absolute atomic E-state index is 0.00201. The van der Waals surface area contributed by atoms with E-state index < -0.39 is 0 Å². The summed E-state index contributed by atoms with van der Waals surface area (Å²) in [6.07, 6.45) is 3.32. The Labute approximate surface area is 87.3 Å². The fourth-order valence-electron chi connectivity index (χ4n) is 2.76. The lowest BCUT2D eigenvalue weighted by Gasteiger charge is -2.42. The molecule has 2 aliphatic rings. The minimum Gasteiger partial charge on any atom is -0.393 e. The first-order valence-electron chi connectivity index (χ1n) is 6.05. The van der Waals surface area contributed by atoms with Crippen molar-refractivity contribution in [2.45, 2.75) is 39.2 Å². The summed E-state index contributed by atoms with van der Waals surface area (Å²) in [7, 11) is 0. The third-order valence-electron chi connectivity index (χ3n) is 3.96. The maximum atomic E-state index is 9.42. The molecule has 82 valence electrons. The first-order chi connectivity index (χ1) is 6.65. The molecule has 2 fully saturated rings. The van der Waals surface area contributed by atoms with Crippen molar-refractivity contribution in [3.63, 3.8) is 0 Å². The van der Waals surface area contributed by atoms with Crippen LogP contribution in [-0.4, -0.2) is 35.7 Å². The highest BCUT2D eigenvalue weighted by atomic mass is 16.3. The van der Waals surface area contributed by atoms with Gasteiger partial charge >= 0.3 is 0 Å². The first-order valence-corrected chi connectivity index (χ1v) is 6.05. The van der Waals surface area contributed by atoms with E-state index in [-0.39, 0.29) is 6.10 Å². The molecule has 1 aliphatic heterocycles. The van der Waals surface area contributed by atoms with E-state index in [0.29, 0.717) is 0 Å². The number of hydrogen-bond acceptors (Lipinski definition) is 2. The third-order valence-corrected chi connectivity index (χ3v) is 3.96. The molecule has 1 saturated carbocycles. The van der Waals surface area contributed by atoms with Gasteiger partial charge in [0.15, 0.2) is 0 Å². The zero-order valence-corrected chi connectivity index (χ0v) is 9.45. The van der Waals surface area contributed by atoms with Crippen molar-refractivity contribution in [1.29, 1.82) is 0 Å². The molecule has 14 heavy (non-hydrogen) atoms.